The van der Waals surface area contributed by atoms with Crippen molar-refractivity contribution in [3.8, 4) is 0 Å². The Morgan fingerprint density at radius 1 is 1.22 bits per heavy atom. The zero-order valence-electron chi connectivity index (χ0n) is 16.4. The number of furan rings is 1. The van der Waals surface area contributed by atoms with Crippen LogP contribution in [-0.4, -0.2) is 33.4 Å². The molecular weight excluding hydrogens is 338 g/mol. The SMILES string of the molecule is Cc1ccc2c(CC(=O)N3CCC(Cn4ccnc4C)CC3)coc2c1C. The zero-order chi connectivity index (χ0) is 19.0. The molecular formula is C22H27N3O2. The molecule has 0 spiro atoms. The Morgan fingerprint density at radius 2 is 2.00 bits per heavy atom. The van der Waals surface area contributed by atoms with E-state index in [-0.39, 0.29) is 5.91 Å². The van der Waals surface area contributed by atoms with Crippen molar-refractivity contribution in [2.45, 2.75) is 46.6 Å². The van der Waals surface area contributed by atoms with Crippen LogP contribution in [0.3, 0.4) is 0 Å². The van der Waals surface area contributed by atoms with Crippen LogP contribution in [0.25, 0.3) is 11.0 Å². The van der Waals surface area contributed by atoms with Crippen LogP contribution in [0, 0.1) is 26.7 Å². The summed E-state index contributed by atoms with van der Waals surface area (Å²) < 4.78 is 7.97. The Labute approximate surface area is 160 Å². The molecule has 1 aliphatic heterocycles. The number of hydrogen-bond acceptors (Lipinski definition) is 3. The summed E-state index contributed by atoms with van der Waals surface area (Å²) >= 11 is 0. The monoisotopic (exact) mass is 365 g/mol. The van der Waals surface area contributed by atoms with Gasteiger partial charge in [-0.15, -0.1) is 0 Å². The number of aryl methyl sites for hydroxylation is 3. The number of hydrogen-bond donors (Lipinski definition) is 0. The average Bonchev–Trinajstić information content (AvgIpc) is 3.26. The Morgan fingerprint density at radius 3 is 2.70 bits per heavy atom. The highest BCUT2D eigenvalue weighted by atomic mass is 16.3. The lowest BCUT2D eigenvalue weighted by atomic mass is 9.96. The molecule has 4 rings (SSSR count). The first-order valence-electron chi connectivity index (χ1n) is 9.74. The maximum absolute atomic E-state index is 12.8. The number of piperidine rings is 1. The van der Waals surface area contributed by atoms with Crippen molar-refractivity contribution in [1.29, 1.82) is 0 Å². The molecule has 5 nitrogen and oxygen atoms in total. The van der Waals surface area contributed by atoms with Crippen LogP contribution in [0.5, 0.6) is 0 Å². The third-order valence-corrected chi connectivity index (χ3v) is 6.03. The lowest BCUT2D eigenvalue weighted by Crippen LogP contribution is -2.40. The number of fused-ring (bicyclic) bond motifs is 1. The van der Waals surface area contributed by atoms with Gasteiger partial charge in [0.25, 0.3) is 0 Å². The number of carbonyl (C=O) groups is 1. The summed E-state index contributed by atoms with van der Waals surface area (Å²) in [5.41, 5.74) is 4.27. The molecule has 0 N–H and O–H groups in total. The molecule has 0 saturated carbocycles. The standard InChI is InChI=1S/C22H27N3O2/c1-15-4-5-20-19(14-27-22(20)16(15)2)12-21(26)24-9-6-18(7-10-24)13-25-11-8-23-17(25)3/h4-5,8,11,14,18H,6-7,9-10,12-13H2,1-3H3. The van der Waals surface area contributed by atoms with Crippen LogP contribution >= 0.6 is 0 Å². The van der Waals surface area contributed by atoms with E-state index < -0.39 is 0 Å². The van der Waals surface area contributed by atoms with Crippen LogP contribution in [0.1, 0.15) is 35.4 Å². The van der Waals surface area contributed by atoms with Gasteiger partial charge in [-0.1, -0.05) is 12.1 Å². The van der Waals surface area contributed by atoms with E-state index in [0.717, 1.165) is 60.4 Å². The summed E-state index contributed by atoms with van der Waals surface area (Å²) in [6.07, 6.45) is 8.17. The number of amides is 1. The van der Waals surface area contributed by atoms with Crippen molar-refractivity contribution in [3.05, 3.63) is 53.3 Å². The molecule has 1 aliphatic rings. The lowest BCUT2D eigenvalue weighted by molar-refractivity contribution is -0.131. The summed E-state index contributed by atoms with van der Waals surface area (Å²) in [5.74, 6) is 1.88. The van der Waals surface area contributed by atoms with Gasteiger partial charge in [-0.2, -0.15) is 0 Å². The summed E-state index contributed by atoms with van der Waals surface area (Å²) in [5, 5.41) is 1.07. The number of imidazole rings is 1. The molecule has 1 amide bonds. The van der Waals surface area contributed by atoms with E-state index in [1.165, 1.54) is 5.56 Å². The van der Waals surface area contributed by atoms with E-state index in [9.17, 15) is 4.79 Å². The van der Waals surface area contributed by atoms with Gasteiger partial charge in [0.1, 0.15) is 11.4 Å². The normalized spacial score (nSPS) is 15.6. The minimum atomic E-state index is 0.202. The van der Waals surface area contributed by atoms with Gasteiger partial charge in [-0.25, -0.2) is 4.98 Å². The second kappa shape index (κ2) is 7.22. The zero-order valence-corrected chi connectivity index (χ0v) is 16.4. The minimum Gasteiger partial charge on any atom is -0.464 e. The molecule has 2 aromatic heterocycles. The van der Waals surface area contributed by atoms with E-state index in [2.05, 4.69) is 35.5 Å². The first-order valence-corrected chi connectivity index (χ1v) is 9.74. The first kappa shape index (κ1) is 17.8. The van der Waals surface area contributed by atoms with Crippen molar-refractivity contribution >= 4 is 16.9 Å². The van der Waals surface area contributed by atoms with Crippen LogP contribution in [0.2, 0.25) is 0 Å². The first-order chi connectivity index (χ1) is 13.0. The van der Waals surface area contributed by atoms with Crippen LogP contribution in [0.4, 0.5) is 0 Å². The van der Waals surface area contributed by atoms with Gasteiger partial charge in [0.15, 0.2) is 0 Å². The molecule has 5 heteroatoms. The Bertz CT molecular complexity index is 961. The number of aromatic nitrogens is 2. The van der Waals surface area contributed by atoms with Gasteiger partial charge in [0, 0.05) is 43.0 Å². The molecule has 142 valence electrons. The molecule has 1 aromatic carbocycles. The second-order valence-corrected chi connectivity index (χ2v) is 7.77. The number of nitrogens with zero attached hydrogens (tertiary/aromatic N) is 3. The molecule has 27 heavy (non-hydrogen) atoms. The van der Waals surface area contributed by atoms with E-state index in [0.29, 0.717) is 12.3 Å². The lowest BCUT2D eigenvalue weighted by Gasteiger charge is -2.32. The minimum absolute atomic E-state index is 0.202. The maximum atomic E-state index is 12.8. The van der Waals surface area contributed by atoms with Gasteiger partial charge in [-0.3, -0.25) is 4.79 Å². The molecule has 0 aliphatic carbocycles. The van der Waals surface area contributed by atoms with Crippen molar-refractivity contribution in [3.63, 3.8) is 0 Å². The summed E-state index contributed by atoms with van der Waals surface area (Å²) in [6.45, 7) is 8.86. The summed E-state index contributed by atoms with van der Waals surface area (Å²) in [6, 6.07) is 4.17. The summed E-state index contributed by atoms with van der Waals surface area (Å²) in [4.78, 5) is 19.1. The molecule has 1 saturated heterocycles. The maximum Gasteiger partial charge on any atom is 0.227 e. The van der Waals surface area contributed by atoms with Crippen molar-refractivity contribution in [2.24, 2.45) is 5.92 Å². The molecule has 1 fully saturated rings. The molecule has 0 unspecified atom stereocenters. The Balaban J connectivity index is 1.37. The topological polar surface area (TPSA) is 51.3 Å². The predicted octanol–water partition coefficient (Wildman–Crippen LogP) is 4.04. The highest BCUT2D eigenvalue weighted by molar-refractivity contribution is 5.89. The summed E-state index contributed by atoms with van der Waals surface area (Å²) in [7, 11) is 0. The van der Waals surface area contributed by atoms with Gasteiger partial charge < -0.3 is 13.9 Å². The predicted molar refractivity (Wildman–Crippen MR) is 106 cm³/mol. The van der Waals surface area contributed by atoms with Gasteiger partial charge in [-0.05, 0) is 50.7 Å². The molecule has 3 aromatic rings. The van der Waals surface area contributed by atoms with Crippen LogP contribution in [-0.2, 0) is 17.8 Å². The Hall–Kier alpha value is -2.56. The second-order valence-electron chi connectivity index (χ2n) is 7.77. The van der Waals surface area contributed by atoms with E-state index in [1.54, 1.807) is 6.26 Å². The van der Waals surface area contributed by atoms with Gasteiger partial charge in [0.2, 0.25) is 5.91 Å². The van der Waals surface area contributed by atoms with E-state index in [4.69, 9.17) is 4.42 Å². The third kappa shape index (κ3) is 3.51. The highest BCUT2D eigenvalue weighted by Gasteiger charge is 2.24. The van der Waals surface area contributed by atoms with Gasteiger partial charge in [0.05, 0.1) is 12.7 Å². The Kier molecular flexibility index (Phi) is 4.77. The van der Waals surface area contributed by atoms with Crippen LogP contribution in [0.15, 0.2) is 35.2 Å². The fourth-order valence-corrected chi connectivity index (χ4v) is 4.04. The van der Waals surface area contributed by atoms with Crippen molar-refractivity contribution in [2.75, 3.05) is 13.1 Å². The van der Waals surface area contributed by atoms with E-state index >= 15 is 0 Å². The average molecular weight is 365 g/mol. The highest BCUT2D eigenvalue weighted by Crippen LogP contribution is 2.27. The van der Waals surface area contributed by atoms with Gasteiger partial charge >= 0.3 is 0 Å². The van der Waals surface area contributed by atoms with E-state index in [1.807, 2.05) is 24.2 Å². The van der Waals surface area contributed by atoms with Crippen molar-refractivity contribution < 1.29 is 9.21 Å². The molecule has 3 heterocycles. The molecule has 0 atom stereocenters. The number of likely N-dealkylation sites (tertiary alicyclic amines) is 1. The largest absolute Gasteiger partial charge is 0.464 e. The third-order valence-electron chi connectivity index (χ3n) is 6.03. The number of carbonyl (C=O) groups excluding carboxylic acids is 1. The quantitative estimate of drug-likeness (QED) is 0.701. The fraction of sp³-hybridized carbons (Fsp3) is 0.455. The molecule has 0 radical (unpaired) electrons. The smallest absolute Gasteiger partial charge is 0.227 e. The van der Waals surface area contributed by atoms with Crippen LogP contribution < -0.4 is 0 Å². The fourth-order valence-electron chi connectivity index (χ4n) is 4.04. The van der Waals surface area contributed by atoms with Crippen molar-refractivity contribution in [1.82, 2.24) is 14.5 Å². The number of rotatable bonds is 4. The molecule has 0 bridgehead atoms. The number of benzene rings is 1.